The van der Waals surface area contributed by atoms with Crippen LogP contribution in [-0.2, 0) is 11.2 Å². The van der Waals surface area contributed by atoms with Crippen LogP contribution in [0.5, 0.6) is 0 Å². The molecular weight excluding hydrogens is 360 g/mol. The molecule has 1 saturated heterocycles. The van der Waals surface area contributed by atoms with Gasteiger partial charge in [-0.15, -0.1) is 10.2 Å². The van der Waals surface area contributed by atoms with Crippen LogP contribution in [0.2, 0.25) is 0 Å². The van der Waals surface area contributed by atoms with E-state index in [4.69, 9.17) is 4.42 Å². The van der Waals surface area contributed by atoms with E-state index in [2.05, 4.69) is 54.1 Å². The lowest BCUT2D eigenvalue weighted by Gasteiger charge is -2.34. The van der Waals surface area contributed by atoms with Gasteiger partial charge in [0.05, 0.1) is 12.2 Å². The van der Waals surface area contributed by atoms with E-state index in [1.165, 1.54) is 22.9 Å². The Bertz CT molecular complexity index is 769. The molecule has 27 heavy (non-hydrogen) atoms. The van der Waals surface area contributed by atoms with Crippen molar-refractivity contribution in [2.45, 2.75) is 38.8 Å². The molecule has 0 N–H and O–H groups in total. The normalized spacial score (nSPS) is 15.3. The number of piperazine rings is 1. The standard InChI is InChI=1S/C20H28N4O2S/c1-4-7-23-8-10-24(11-9-23)19(25)14-27-20-22-21-18(26-20)13-17-6-5-15(2)16(3)12-17/h5-6,12H,4,7-11,13-14H2,1-3H3. The van der Waals surface area contributed by atoms with Gasteiger partial charge in [-0.2, -0.15) is 0 Å². The third-order valence-corrected chi connectivity index (χ3v) is 5.76. The van der Waals surface area contributed by atoms with E-state index >= 15 is 0 Å². The van der Waals surface area contributed by atoms with Gasteiger partial charge in [0.2, 0.25) is 11.8 Å². The van der Waals surface area contributed by atoms with Crippen LogP contribution in [0.3, 0.4) is 0 Å². The maximum absolute atomic E-state index is 12.4. The SMILES string of the molecule is CCCN1CCN(C(=O)CSc2nnc(Cc3ccc(C)c(C)c3)o2)CC1. The van der Waals surface area contributed by atoms with E-state index in [-0.39, 0.29) is 5.91 Å². The van der Waals surface area contributed by atoms with Crippen LogP contribution in [0, 0.1) is 13.8 Å². The van der Waals surface area contributed by atoms with Crippen molar-refractivity contribution >= 4 is 17.7 Å². The Kier molecular flexibility index (Phi) is 6.90. The predicted octanol–water partition coefficient (Wildman–Crippen LogP) is 2.92. The molecule has 0 aliphatic carbocycles. The lowest BCUT2D eigenvalue weighted by molar-refractivity contribution is -0.130. The first kappa shape index (κ1) is 19.9. The van der Waals surface area contributed by atoms with Crippen molar-refractivity contribution in [1.29, 1.82) is 0 Å². The van der Waals surface area contributed by atoms with Crippen LogP contribution >= 0.6 is 11.8 Å². The zero-order chi connectivity index (χ0) is 19.2. The van der Waals surface area contributed by atoms with Gasteiger partial charge in [0.1, 0.15) is 0 Å². The largest absolute Gasteiger partial charge is 0.416 e. The van der Waals surface area contributed by atoms with Gasteiger partial charge >= 0.3 is 0 Å². The molecule has 0 atom stereocenters. The first-order valence-electron chi connectivity index (χ1n) is 9.56. The minimum atomic E-state index is 0.144. The molecule has 0 spiro atoms. The quantitative estimate of drug-likeness (QED) is 0.680. The summed E-state index contributed by atoms with van der Waals surface area (Å²) in [6.07, 6.45) is 1.77. The number of carbonyl (C=O) groups is 1. The topological polar surface area (TPSA) is 62.5 Å². The van der Waals surface area contributed by atoms with Crippen LogP contribution in [0.15, 0.2) is 27.8 Å². The summed E-state index contributed by atoms with van der Waals surface area (Å²) in [5.41, 5.74) is 3.68. The van der Waals surface area contributed by atoms with Gasteiger partial charge in [-0.25, -0.2) is 0 Å². The Hall–Kier alpha value is -1.86. The summed E-state index contributed by atoms with van der Waals surface area (Å²) in [4.78, 5) is 16.7. The van der Waals surface area contributed by atoms with Gasteiger partial charge in [0.15, 0.2) is 0 Å². The molecule has 1 amide bonds. The molecule has 0 saturated carbocycles. The molecule has 0 unspecified atom stereocenters. The molecule has 6 nitrogen and oxygen atoms in total. The summed E-state index contributed by atoms with van der Waals surface area (Å²) < 4.78 is 5.71. The van der Waals surface area contributed by atoms with Crippen molar-refractivity contribution in [3.8, 4) is 0 Å². The van der Waals surface area contributed by atoms with Crippen LogP contribution in [0.4, 0.5) is 0 Å². The number of rotatable bonds is 7. The Labute approximate surface area is 165 Å². The molecule has 1 aliphatic rings. The van der Waals surface area contributed by atoms with Crippen molar-refractivity contribution in [3.63, 3.8) is 0 Å². The van der Waals surface area contributed by atoms with Crippen LogP contribution in [0.1, 0.15) is 35.9 Å². The van der Waals surface area contributed by atoms with E-state index in [1.54, 1.807) is 0 Å². The molecule has 0 radical (unpaired) electrons. The van der Waals surface area contributed by atoms with Crippen LogP contribution < -0.4 is 0 Å². The molecule has 3 rings (SSSR count). The van der Waals surface area contributed by atoms with Crippen molar-refractivity contribution in [2.24, 2.45) is 0 Å². The zero-order valence-corrected chi connectivity index (χ0v) is 17.2. The van der Waals surface area contributed by atoms with Gasteiger partial charge in [-0.05, 0) is 43.5 Å². The van der Waals surface area contributed by atoms with E-state index in [1.807, 2.05) is 4.90 Å². The highest BCUT2D eigenvalue weighted by Crippen LogP contribution is 2.19. The van der Waals surface area contributed by atoms with Crippen molar-refractivity contribution in [3.05, 3.63) is 40.8 Å². The van der Waals surface area contributed by atoms with Crippen LogP contribution in [0.25, 0.3) is 0 Å². The number of hydrogen-bond donors (Lipinski definition) is 0. The number of aromatic nitrogens is 2. The second-order valence-corrected chi connectivity index (χ2v) is 7.99. The lowest BCUT2D eigenvalue weighted by atomic mass is 10.0. The number of benzene rings is 1. The minimum absolute atomic E-state index is 0.144. The molecule has 1 aromatic carbocycles. The molecule has 1 aromatic heterocycles. The van der Waals surface area contributed by atoms with Gasteiger partial charge in [-0.1, -0.05) is 36.9 Å². The van der Waals surface area contributed by atoms with E-state index in [0.717, 1.165) is 44.7 Å². The number of thioether (sulfide) groups is 1. The molecule has 146 valence electrons. The maximum Gasteiger partial charge on any atom is 0.277 e. The lowest BCUT2D eigenvalue weighted by Crippen LogP contribution is -2.49. The highest BCUT2D eigenvalue weighted by molar-refractivity contribution is 7.99. The number of amides is 1. The average molecular weight is 389 g/mol. The molecule has 0 bridgehead atoms. The highest BCUT2D eigenvalue weighted by atomic mass is 32.2. The van der Waals surface area contributed by atoms with Crippen molar-refractivity contribution < 1.29 is 9.21 Å². The summed E-state index contributed by atoms with van der Waals surface area (Å²) in [5.74, 6) is 1.07. The maximum atomic E-state index is 12.4. The molecule has 1 aliphatic heterocycles. The highest BCUT2D eigenvalue weighted by Gasteiger charge is 2.21. The summed E-state index contributed by atoms with van der Waals surface area (Å²) in [6.45, 7) is 11.0. The summed E-state index contributed by atoms with van der Waals surface area (Å²) in [7, 11) is 0. The van der Waals surface area contributed by atoms with Gasteiger partial charge in [0, 0.05) is 26.2 Å². The third-order valence-electron chi connectivity index (χ3n) is 4.96. The fourth-order valence-corrected chi connectivity index (χ4v) is 3.89. The van der Waals surface area contributed by atoms with Crippen LogP contribution in [-0.4, -0.2) is 64.4 Å². The number of nitrogens with zero attached hydrogens (tertiary/aromatic N) is 4. The Morgan fingerprint density at radius 1 is 1.15 bits per heavy atom. The van der Waals surface area contributed by atoms with Crippen molar-refractivity contribution in [2.75, 3.05) is 38.5 Å². The van der Waals surface area contributed by atoms with E-state index < -0.39 is 0 Å². The fraction of sp³-hybridized carbons (Fsp3) is 0.550. The Morgan fingerprint density at radius 2 is 1.93 bits per heavy atom. The smallest absolute Gasteiger partial charge is 0.277 e. The Balaban J connectivity index is 1.46. The summed E-state index contributed by atoms with van der Waals surface area (Å²) in [6, 6.07) is 6.34. The summed E-state index contributed by atoms with van der Waals surface area (Å²) >= 11 is 1.33. The second kappa shape index (κ2) is 9.37. The van der Waals surface area contributed by atoms with Gasteiger partial charge in [0.25, 0.3) is 5.22 Å². The predicted molar refractivity (Wildman–Crippen MR) is 107 cm³/mol. The molecule has 1 fully saturated rings. The fourth-order valence-electron chi connectivity index (χ4n) is 3.21. The molecular formula is C20H28N4O2S. The first-order chi connectivity index (χ1) is 13.0. The van der Waals surface area contributed by atoms with Gasteiger partial charge in [-0.3, -0.25) is 9.69 Å². The van der Waals surface area contributed by atoms with E-state index in [9.17, 15) is 4.79 Å². The van der Waals surface area contributed by atoms with E-state index in [0.29, 0.717) is 23.3 Å². The second-order valence-electron chi connectivity index (χ2n) is 7.07. The Morgan fingerprint density at radius 3 is 2.63 bits per heavy atom. The monoisotopic (exact) mass is 388 g/mol. The van der Waals surface area contributed by atoms with Gasteiger partial charge < -0.3 is 9.32 Å². The number of hydrogen-bond acceptors (Lipinski definition) is 6. The third kappa shape index (κ3) is 5.56. The average Bonchev–Trinajstić information content (AvgIpc) is 3.11. The molecule has 2 aromatic rings. The van der Waals surface area contributed by atoms with Crippen molar-refractivity contribution in [1.82, 2.24) is 20.0 Å². The summed E-state index contributed by atoms with van der Waals surface area (Å²) in [5, 5.41) is 8.65. The zero-order valence-electron chi connectivity index (χ0n) is 16.4. The minimum Gasteiger partial charge on any atom is -0.416 e. The molecule has 2 heterocycles. The number of aryl methyl sites for hydroxylation is 2. The molecule has 7 heteroatoms. The first-order valence-corrected chi connectivity index (χ1v) is 10.5. The number of carbonyl (C=O) groups excluding carboxylic acids is 1.